The molecular formula is C25H24ClF2N3O4S. The van der Waals surface area contributed by atoms with Gasteiger partial charge in [0.05, 0.1) is 21.2 Å². The molecule has 1 aromatic heterocycles. The highest BCUT2D eigenvalue weighted by Gasteiger charge is 2.57. The summed E-state index contributed by atoms with van der Waals surface area (Å²) in [6.07, 6.45) is 5.26. The number of piperidine rings is 1. The van der Waals surface area contributed by atoms with Gasteiger partial charge in [0, 0.05) is 17.8 Å². The van der Waals surface area contributed by atoms with Gasteiger partial charge >= 0.3 is 0 Å². The lowest BCUT2D eigenvalue weighted by Gasteiger charge is -2.29. The number of benzene rings is 1. The van der Waals surface area contributed by atoms with Crippen LogP contribution in [0.15, 0.2) is 35.4 Å². The molecule has 2 heterocycles. The number of rotatable bonds is 7. The second kappa shape index (κ2) is 8.48. The fourth-order valence-electron chi connectivity index (χ4n) is 5.30. The first kappa shape index (κ1) is 23.8. The van der Waals surface area contributed by atoms with Crippen LogP contribution < -0.4 is 5.32 Å². The SMILES string of the molecule is O=C(NC(c1cc(F)c(Cl)cc1F)C1CC1)[C@H]1C[C@H]2C[C@H]2N1C(=O)c1cc(S(=O)(=O)C2CC2)ccn1. The van der Waals surface area contributed by atoms with Gasteiger partial charge in [-0.1, -0.05) is 11.6 Å². The molecule has 1 aliphatic heterocycles. The molecule has 7 nitrogen and oxygen atoms in total. The third-order valence-corrected chi connectivity index (χ3v) is 10.2. The summed E-state index contributed by atoms with van der Waals surface area (Å²) in [7, 11) is -3.50. The average Bonchev–Trinajstić information content (AvgIpc) is 3.72. The van der Waals surface area contributed by atoms with Crippen molar-refractivity contribution >= 4 is 33.3 Å². The zero-order valence-corrected chi connectivity index (χ0v) is 20.7. The van der Waals surface area contributed by atoms with Crippen molar-refractivity contribution in [3.8, 4) is 0 Å². The molecule has 1 unspecified atom stereocenters. The van der Waals surface area contributed by atoms with Gasteiger partial charge in [-0.25, -0.2) is 17.2 Å². The van der Waals surface area contributed by atoms with Crippen LogP contribution in [0.25, 0.3) is 0 Å². The Kier molecular flexibility index (Phi) is 5.60. The fraction of sp³-hybridized carbons (Fsp3) is 0.480. The monoisotopic (exact) mass is 535 g/mol. The van der Waals surface area contributed by atoms with E-state index < -0.39 is 50.6 Å². The van der Waals surface area contributed by atoms with Crippen molar-refractivity contribution in [1.82, 2.24) is 15.2 Å². The first-order valence-electron chi connectivity index (χ1n) is 12.1. The summed E-state index contributed by atoms with van der Waals surface area (Å²) in [5.74, 6) is -2.26. The van der Waals surface area contributed by atoms with Crippen LogP contribution in [0.3, 0.4) is 0 Å². The van der Waals surface area contributed by atoms with Crippen LogP contribution in [-0.2, 0) is 14.6 Å². The predicted octanol–water partition coefficient (Wildman–Crippen LogP) is 3.82. The number of halogens is 3. The van der Waals surface area contributed by atoms with E-state index in [1.165, 1.54) is 23.2 Å². The maximum absolute atomic E-state index is 14.7. The number of pyridine rings is 1. The lowest BCUT2D eigenvalue weighted by Crippen LogP contribution is -2.49. The second-order valence-electron chi connectivity index (χ2n) is 10.3. The number of aromatic nitrogens is 1. The number of hydrogen-bond acceptors (Lipinski definition) is 5. The molecule has 0 spiro atoms. The van der Waals surface area contributed by atoms with Crippen LogP contribution >= 0.6 is 11.6 Å². The average molecular weight is 536 g/mol. The van der Waals surface area contributed by atoms with Crippen LogP contribution in [0.2, 0.25) is 5.02 Å². The Morgan fingerprint density at radius 3 is 2.53 bits per heavy atom. The molecule has 2 amide bonds. The van der Waals surface area contributed by atoms with Crippen molar-refractivity contribution in [2.24, 2.45) is 11.8 Å². The molecule has 190 valence electrons. The molecule has 4 atom stereocenters. The Hall–Kier alpha value is -2.59. The Balaban J connectivity index is 1.24. The molecule has 4 fully saturated rings. The molecule has 1 aromatic carbocycles. The van der Waals surface area contributed by atoms with Crippen molar-refractivity contribution < 1.29 is 26.8 Å². The largest absolute Gasteiger partial charge is 0.347 e. The molecule has 6 rings (SSSR count). The number of likely N-dealkylation sites (tertiary alicyclic amines) is 1. The summed E-state index contributed by atoms with van der Waals surface area (Å²) in [4.78, 5) is 32.5. The van der Waals surface area contributed by atoms with E-state index >= 15 is 0 Å². The van der Waals surface area contributed by atoms with Crippen LogP contribution in [0.1, 0.15) is 60.6 Å². The molecule has 11 heteroatoms. The summed E-state index contributed by atoms with van der Waals surface area (Å²) >= 11 is 5.70. The summed E-state index contributed by atoms with van der Waals surface area (Å²) in [5.41, 5.74) is 0.0140. The van der Waals surface area contributed by atoms with Gasteiger partial charge < -0.3 is 10.2 Å². The number of nitrogens with one attached hydrogen (secondary N) is 1. The number of carbonyl (C=O) groups is 2. The normalized spacial score (nSPS) is 25.9. The third-order valence-electron chi connectivity index (χ3n) is 7.65. The van der Waals surface area contributed by atoms with E-state index in [1.807, 2.05) is 0 Å². The van der Waals surface area contributed by atoms with Crippen molar-refractivity contribution in [1.29, 1.82) is 0 Å². The van der Waals surface area contributed by atoms with E-state index in [2.05, 4.69) is 10.3 Å². The van der Waals surface area contributed by atoms with Crippen LogP contribution in [0, 0.1) is 23.5 Å². The smallest absolute Gasteiger partial charge is 0.273 e. The molecule has 1 N–H and O–H groups in total. The molecule has 3 aliphatic carbocycles. The van der Waals surface area contributed by atoms with Crippen LogP contribution in [0.4, 0.5) is 8.78 Å². The fourth-order valence-corrected chi connectivity index (χ4v) is 7.11. The highest BCUT2D eigenvalue weighted by atomic mass is 35.5. The second-order valence-corrected chi connectivity index (χ2v) is 12.9. The van der Waals surface area contributed by atoms with Crippen LogP contribution in [-0.4, -0.2) is 47.4 Å². The van der Waals surface area contributed by atoms with E-state index in [0.29, 0.717) is 19.3 Å². The van der Waals surface area contributed by atoms with Gasteiger partial charge in [-0.2, -0.15) is 0 Å². The quantitative estimate of drug-likeness (QED) is 0.544. The number of carbonyl (C=O) groups excluding carboxylic acids is 2. The summed E-state index contributed by atoms with van der Waals surface area (Å²) in [6, 6.07) is 2.95. The standard InChI is InChI=1S/C25H24ClF2N3O4S/c26-17-11-18(27)16(10-19(17)28)23(12-1-2-12)30-24(32)22-8-13-7-21(13)31(22)25(33)20-9-15(5-6-29-20)36(34,35)14-3-4-14/h5-6,9-14,21-23H,1-4,7-8H2,(H,30,32)/t13-,21-,22-,23?/m1/s1. The van der Waals surface area contributed by atoms with E-state index in [-0.39, 0.29) is 39.1 Å². The van der Waals surface area contributed by atoms with Gasteiger partial charge in [0.2, 0.25) is 5.91 Å². The Morgan fingerprint density at radius 1 is 1.08 bits per heavy atom. The third kappa shape index (κ3) is 4.18. The minimum absolute atomic E-state index is 0.0216. The highest BCUT2D eigenvalue weighted by molar-refractivity contribution is 7.92. The summed E-state index contributed by atoms with van der Waals surface area (Å²) < 4.78 is 54.1. The summed E-state index contributed by atoms with van der Waals surface area (Å²) in [6.45, 7) is 0. The number of amides is 2. The molecule has 1 saturated heterocycles. The van der Waals surface area contributed by atoms with Gasteiger partial charge in [0.15, 0.2) is 9.84 Å². The lowest BCUT2D eigenvalue weighted by atomic mass is 10.00. The molecule has 2 aromatic rings. The molecule has 36 heavy (non-hydrogen) atoms. The van der Waals surface area contributed by atoms with Crippen molar-refractivity contribution in [2.45, 2.75) is 66.8 Å². The molecule has 3 saturated carbocycles. The van der Waals surface area contributed by atoms with Gasteiger partial charge in [0.1, 0.15) is 23.4 Å². The van der Waals surface area contributed by atoms with Gasteiger partial charge in [-0.3, -0.25) is 14.6 Å². The van der Waals surface area contributed by atoms with E-state index in [9.17, 15) is 26.8 Å². The van der Waals surface area contributed by atoms with Gasteiger partial charge in [-0.15, -0.1) is 0 Å². The van der Waals surface area contributed by atoms with E-state index in [0.717, 1.165) is 31.4 Å². The molecule has 0 radical (unpaired) electrons. The first-order valence-corrected chi connectivity index (χ1v) is 14.0. The van der Waals surface area contributed by atoms with E-state index in [1.54, 1.807) is 0 Å². The van der Waals surface area contributed by atoms with Crippen molar-refractivity contribution in [2.75, 3.05) is 0 Å². The lowest BCUT2D eigenvalue weighted by molar-refractivity contribution is -0.126. The minimum Gasteiger partial charge on any atom is -0.347 e. The van der Waals surface area contributed by atoms with Crippen LogP contribution in [0.5, 0.6) is 0 Å². The number of hydrogen-bond donors (Lipinski definition) is 1. The Morgan fingerprint density at radius 2 is 1.83 bits per heavy atom. The Labute approximate surface area is 212 Å². The zero-order chi connectivity index (χ0) is 25.4. The number of sulfone groups is 1. The summed E-state index contributed by atoms with van der Waals surface area (Å²) in [5, 5.41) is 2.11. The topological polar surface area (TPSA) is 96.4 Å². The predicted molar refractivity (Wildman–Crippen MR) is 126 cm³/mol. The molecule has 4 aliphatic rings. The van der Waals surface area contributed by atoms with Crippen molar-refractivity contribution in [3.63, 3.8) is 0 Å². The highest BCUT2D eigenvalue weighted by Crippen LogP contribution is 2.49. The number of fused-ring (bicyclic) bond motifs is 1. The maximum Gasteiger partial charge on any atom is 0.273 e. The van der Waals surface area contributed by atoms with Crippen molar-refractivity contribution in [3.05, 3.63) is 58.4 Å². The zero-order valence-electron chi connectivity index (χ0n) is 19.2. The molecular weight excluding hydrogens is 512 g/mol. The van der Waals surface area contributed by atoms with Gasteiger partial charge in [0.25, 0.3) is 5.91 Å². The Bertz CT molecular complexity index is 1380. The first-order chi connectivity index (χ1) is 17.1. The molecule has 0 bridgehead atoms. The maximum atomic E-state index is 14.7. The minimum atomic E-state index is -3.50. The van der Waals surface area contributed by atoms with Gasteiger partial charge in [-0.05, 0) is 74.6 Å². The number of nitrogens with zero attached hydrogens (tertiary/aromatic N) is 2. The van der Waals surface area contributed by atoms with E-state index in [4.69, 9.17) is 11.6 Å².